The van der Waals surface area contributed by atoms with Crippen LogP contribution in [0, 0.1) is 6.92 Å². The molecule has 2 aromatic rings. The standard InChI is InChI=1S/C15H16BrNO/c1-11-7-8-14(15(9-11)18-2)17-10-12-5-3-4-6-13(12)16/h3-9,17H,10H2,1-2H3. The Kier molecular flexibility index (Phi) is 4.26. The lowest BCUT2D eigenvalue weighted by Crippen LogP contribution is -2.02. The molecule has 0 radical (unpaired) electrons. The fraction of sp³-hybridized carbons (Fsp3) is 0.200. The van der Waals surface area contributed by atoms with Crippen molar-refractivity contribution in [2.75, 3.05) is 12.4 Å². The van der Waals surface area contributed by atoms with Gasteiger partial charge < -0.3 is 10.1 Å². The smallest absolute Gasteiger partial charge is 0.142 e. The van der Waals surface area contributed by atoms with Crippen molar-refractivity contribution in [3.05, 3.63) is 58.1 Å². The van der Waals surface area contributed by atoms with Crippen molar-refractivity contribution < 1.29 is 4.74 Å². The van der Waals surface area contributed by atoms with Gasteiger partial charge in [0.25, 0.3) is 0 Å². The Hall–Kier alpha value is -1.48. The quantitative estimate of drug-likeness (QED) is 0.905. The van der Waals surface area contributed by atoms with Crippen LogP contribution >= 0.6 is 15.9 Å². The fourth-order valence-corrected chi connectivity index (χ4v) is 2.20. The van der Waals surface area contributed by atoms with E-state index in [1.807, 2.05) is 30.3 Å². The minimum Gasteiger partial charge on any atom is -0.495 e. The van der Waals surface area contributed by atoms with E-state index in [0.717, 1.165) is 22.5 Å². The summed E-state index contributed by atoms with van der Waals surface area (Å²) in [5.74, 6) is 0.877. The van der Waals surface area contributed by atoms with Crippen LogP contribution in [0.5, 0.6) is 5.75 Å². The minimum absolute atomic E-state index is 0.765. The molecule has 2 aromatic carbocycles. The monoisotopic (exact) mass is 305 g/mol. The first kappa shape index (κ1) is 13.0. The number of hydrogen-bond donors (Lipinski definition) is 1. The SMILES string of the molecule is COc1cc(C)ccc1NCc1ccccc1Br. The number of halogens is 1. The Morgan fingerprint density at radius 2 is 1.94 bits per heavy atom. The third-order valence-electron chi connectivity index (χ3n) is 2.78. The number of methoxy groups -OCH3 is 1. The molecule has 94 valence electrons. The Bertz CT molecular complexity index is 540. The van der Waals surface area contributed by atoms with Crippen LogP contribution < -0.4 is 10.1 Å². The zero-order valence-corrected chi connectivity index (χ0v) is 12.1. The summed E-state index contributed by atoms with van der Waals surface area (Å²) in [6.07, 6.45) is 0. The van der Waals surface area contributed by atoms with Crippen molar-refractivity contribution in [3.63, 3.8) is 0 Å². The van der Waals surface area contributed by atoms with Gasteiger partial charge in [-0.15, -0.1) is 0 Å². The van der Waals surface area contributed by atoms with Crippen LogP contribution in [0.1, 0.15) is 11.1 Å². The highest BCUT2D eigenvalue weighted by Crippen LogP contribution is 2.26. The normalized spacial score (nSPS) is 10.2. The molecular weight excluding hydrogens is 290 g/mol. The van der Waals surface area contributed by atoms with E-state index in [4.69, 9.17) is 4.74 Å². The second kappa shape index (κ2) is 5.91. The highest BCUT2D eigenvalue weighted by molar-refractivity contribution is 9.10. The highest BCUT2D eigenvalue weighted by atomic mass is 79.9. The number of ether oxygens (including phenoxy) is 1. The van der Waals surface area contributed by atoms with Crippen molar-refractivity contribution >= 4 is 21.6 Å². The molecule has 0 aromatic heterocycles. The van der Waals surface area contributed by atoms with E-state index < -0.39 is 0 Å². The fourth-order valence-electron chi connectivity index (χ4n) is 1.78. The molecule has 0 aliphatic heterocycles. The molecule has 0 bridgehead atoms. The van der Waals surface area contributed by atoms with E-state index in [9.17, 15) is 0 Å². The first-order chi connectivity index (χ1) is 8.70. The molecule has 1 N–H and O–H groups in total. The largest absolute Gasteiger partial charge is 0.495 e. The Morgan fingerprint density at radius 1 is 1.17 bits per heavy atom. The second-order valence-electron chi connectivity index (χ2n) is 4.15. The van der Waals surface area contributed by atoms with E-state index in [1.165, 1.54) is 11.1 Å². The third-order valence-corrected chi connectivity index (χ3v) is 3.56. The average molecular weight is 306 g/mol. The Labute approximate surface area is 116 Å². The Morgan fingerprint density at radius 3 is 2.67 bits per heavy atom. The van der Waals surface area contributed by atoms with Crippen LogP contribution in [0.3, 0.4) is 0 Å². The lowest BCUT2D eigenvalue weighted by molar-refractivity contribution is 0.416. The number of aryl methyl sites for hydroxylation is 1. The van der Waals surface area contributed by atoms with Gasteiger partial charge in [-0.3, -0.25) is 0 Å². The molecule has 0 amide bonds. The second-order valence-corrected chi connectivity index (χ2v) is 5.00. The average Bonchev–Trinajstić information content (AvgIpc) is 2.39. The van der Waals surface area contributed by atoms with Gasteiger partial charge in [0.1, 0.15) is 5.75 Å². The molecule has 0 fully saturated rings. The van der Waals surface area contributed by atoms with Gasteiger partial charge in [-0.25, -0.2) is 0 Å². The van der Waals surface area contributed by atoms with Gasteiger partial charge in [-0.05, 0) is 36.2 Å². The van der Waals surface area contributed by atoms with E-state index >= 15 is 0 Å². The number of benzene rings is 2. The van der Waals surface area contributed by atoms with Crippen LogP contribution in [0.2, 0.25) is 0 Å². The molecule has 0 saturated carbocycles. The van der Waals surface area contributed by atoms with Crippen molar-refractivity contribution in [1.29, 1.82) is 0 Å². The van der Waals surface area contributed by atoms with Gasteiger partial charge in [-0.2, -0.15) is 0 Å². The van der Waals surface area contributed by atoms with Gasteiger partial charge in [-0.1, -0.05) is 40.2 Å². The third kappa shape index (κ3) is 3.05. The number of hydrogen-bond acceptors (Lipinski definition) is 2. The predicted molar refractivity (Wildman–Crippen MR) is 79.2 cm³/mol. The first-order valence-corrected chi connectivity index (χ1v) is 6.62. The van der Waals surface area contributed by atoms with Gasteiger partial charge in [0.2, 0.25) is 0 Å². The number of rotatable bonds is 4. The van der Waals surface area contributed by atoms with Gasteiger partial charge >= 0.3 is 0 Å². The summed E-state index contributed by atoms with van der Waals surface area (Å²) in [5.41, 5.74) is 3.43. The lowest BCUT2D eigenvalue weighted by atomic mass is 10.2. The van der Waals surface area contributed by atoms with Crippen molar-refractivity contribution in [3.8, 4) is 5.75 Å². The van der Waals surface area contributed by atoms with Crippen LogP contribution in [-0.2, 0) is 6.54 Å². The number of nitrogens with one attached hydrogen (secondary N) is 1. The van der Waals surface area contributed by atoms with Crippen molar-refractivity contribution in [2.24, 2.45) is 0 Å². The maximum Gasteiger partial charge on any atom is 0.142 e. The summed E-state index contributed by atoms with van der Waals surface area (Å²) in [7, 11) is 1.69. The molecule has 0 saturated heterocycles. The summed E-state index contributed by atoms with van der Waals surface area (Å²) in [4.78, 5) is 0. The van der Waals surface area contributed by atoms with E-state index in [1.54, 1.807) is 7.11 Å². The van der Waals surface area contributed by atoms with E-state index in [0.29, 0.717) is 0 Å². The lowest BCUT2D eigenvalue weighted by Gasteiger charge is -2.12. The molecule has 0 spiro atoms. The van der Waals surface area contributed by atoms with Crippen molar-refractivity contribution in [1.82, 2.24) is 0 Å². The van der Waals surface area contributed by atoms with Gasteiger partial charge in [0, 0.05) is 11.0 Å². The minimum atomic E-state index is 0.765. The summed E-state index contributed by atoms with van der Waals surface area (Å²) in [6.45, 7) is 2.82. The molecule has 3 heteroatoms. The van der Waals surface area contributed by atoms with E-state index in [-0.39, 0.29) is 0 Å². The molecule has 0 heterocycles. The summed E-state index contributed by atoms with van der Waals surface area (Å²) < 4.78 is 6.49. The predicted octanol–water partition coefficient (Wildman–Crippen LogP) is 4.38. The summed E-state index contributed by atoms with van der Waals surface area (Å²) in [5, 5.41) is 3.39. The summed E-state index contributed by atoms with van der Waals surface area (Å²) in [6, 6.07) is 14.3. The Balaban J connectivity index is 2.13. The zero-order chi connectivity index (χ0) is 13.0. The van der Waals surface area contributed by atoms with Gasteiger partial charge in [0.15, 0.2) is 0 Å². The van der Waals surface area contributed by atoms with Crippen LogP contribution in [0.15, 0.2) is 46.9 Å². The zero-order valence-electron chi connectivity index (χ0n) is 10.5. The molecule has 0 atom stereocenters. The van der Waals surface area contributed by atoms with Crippen molar-refractivity contribution in [2.45, 2.75) is 13.5 Å². The van der Waals surface area contributed by atoms with Crippen LogP contribution in [0.25, 0.3) is 0 Å². The maximum atomic E-state index is 5.37. The molecule has 2 nitrogen and oxygen atoms in total. The molecule has 0 aliphatic rings. The first-order valence-electron chi connectivity index (χ1n) is 5.82. The molecule has 0 aliphatic carbocycles. The van der Waals surface area contributed by atoms with Crippen LogP contribution in [0.4, 0.5) is 5.69 Å². The van der Waals surface area contributed by atoms with E-state index in [2.05, 4.69) is 40.3 Å². The topological polar surface area (TPSA) is 21.3 Å². The molecule has 18 heavy (non-hydrogen) atoms. The molecular formula is C15H16BrNO. The van der Waals surface area contributed by atoms with Gasteiger partial charge in [0.05, 0.1) is 12.8 Å². The number of anilines is 1. The molecule has 2 rings (SSSR count). The molecule has 0 unspecified atom stereocenters. The highest BCUT2D eigenvalue weighted by Gasteiger charge is 2.04. The summed E-state index contributed by atoms with van der Waals surface area (Å²) >= 11 is 3.55. The maximum absolute atomic E-state index is 5.37. The van der Waals surface area contributed by atoms with Crippen LogP contribution in [-0.4, -0.2) is 7.11 Å².